The number of nitrogens with zero attached hydrogens (tertiary/aromatic N) is 3. The first-order valence-corrected chi connectivity index (χ1v) is 8.35. The predicted octanol–water partition coefficient (Wildman–Crippen LogP) is 3.06. The van der Waals surface area contributed by atoms with Gasteiger partial charge in [0.15, 0.2) is 0 Å². The van der Waals surface area contributed by atoms with Crippen LogP contribution in [0.4, 0.5) is 5.69 Å². The summed E-state index contributed by atoms with van der Waals surface area (Å²) in [6.07, 6.45) is 3.05. The minimum atomic E-state index is -0.341. The predicted molar refractivity (Wildman–Crippen MR) is 94.5 cm³/mol. The van der Waals surface area contributed by atoms with Gasteiger partial charge in [-0.1, -0.05) is 29.8 Å². The third-order valence-electron chi connectivity index (χ3n) is 4.17. The summed E-state index contributed by atoms with van der Waals surface area (Å²) in [5.41, 5.74) is 0.946. The Morgan fingerprint density at radius 2 is 2.00 bits per heavy atom. The van der Waals surface area contributed by atoms with Crippen LogP contribution in [-0.4, -0.2) is 29.5 Å². The van der Waals surface area contributed by atoms with E-state index in [0.29, 0.717) is 31.1 Å². The standard InChI is InChI=1S/C18H16ClN3O3/c19-17-14(11-20-22(18(17)23)13-5-2-1-3-6-13)21-8-10-25-16(12-21)15-7-4-9-24-15/h1-7,9,11,16H,8,10,12H2. The van der Waals surface area contributed by atoms with E-state index in [-0.39, 0.29) is 16.7 Å². The van der Waals surface area contributed by atoms with Crippen molar-refractivity contribution in [3.05, 3.63) is 76.1 Å². The molecule has 1 saturated heterocycles. The van der Waals surface area contributed by atoms with Gasteiger partial charge in [-0.2, -0.15) is 9.78 Å². The summed E-state index contributed by atoms with van der Waals surface area (Å²) in [4.78, 5) is 14.6. The molecule has 2 aromatic heterocycles. The number of halogens is 1. The van der Waals surface area contributed by atoms with Gasteiger partial charge in [-0.05, 0) is 24.3 Å². The molecule has 1 fully saturated rings. The van der Waals surface area contributed by atoms with Crippen LogP contribution in [0, 0.1) is 0 Å². The maximum Gasteiger partial charge on any atom is 0.292 e. The van der Waals surface area contributed by atoms with E-state index in [4.69, 9.17) is 20.8 Å². The van der Waals surface area contributed by atoms with Crippen molar-refractivity contribution in [1.29, 1.82) is 0 Å². The van der Waals surface area contributed by atoms with E-state index in [2.05, 4.69) is 5.10 Å². The van der Waals surface area contributed by atoms with Crippen molar-refractivity contribution < 1.29 is 9.15 Å². The van der Waals surface area contributed by atoms with Crippen molar-refractivity contribution in [2.45, 2.75) is 6.10 Å². The average Bonchev–Trinajstić information content (AvgIpc) is 3.19. The summed E-state index contributed by atoms with van der Waals surface area (Å²) in [6, 6.07) is 12.9. The Bertz CT molecular complexity index is 909. The minimum Gasteiger partial charge on any atom is -0.467 e. The van der Waals surface area contributed by atoms with E-state index in [0.717, 1.165) is 5.76 Å². The van der Waals surface area contributed by atoms with E-state index < -0.39 is 0 Å². The average molecular weight is 358 g/mol. The second-order valence-corrected chi connectivity index (χ2v) is 6.10. The monoisotopic (exact) mass is 357 g/mol. The molecule has 3 aromatic rings. The zero-order valence-corrected chi connectivity index (χ0v) is 14.1. The lowest BCUT2D eigenvalue weighted by Crippen LogP contribution is -2.39. The Kier molecular flexibility index (Phi) is 4.29. The molecule has 7 heteroatoms. The highest BCUT2D eigenvalue weighted by atomic mass is 35.5. The first-order chi connectivity index (χ1) is 12.2. The van der Waals surface area contributed by atoms with Crippen LogP contribution in [0.15, 0.2) is 64.1 Å². The highest BCUT2D eigenvalue weighted by molar-refractivity contribution is 6.33. The van der Waals surface area contributed by atoms with Crippen LogP contribution in [0.25, 0.3) is 5.69 Å². The van der Waals surface area contributed by atoms with Gasteiger partial charge >= 0.3 is 0 Å². The van der Waals surface area contributed by atoms with Crippen molar-refractivity contribution in [2.75, 3.05) is 24.6 Å². The van der Waals surface area contributed by atoms with Gasteiger partial charge in [0.05, 0.1) is 37.0 Å². The number of furan rings is 1. The molecule has 0 bridgehead atoms. The fourth-order valence-corrected chi connectivity index (χ4v) is 3.16. The van der Waals surface area contributed by atoms with Gasteiger partial charge in [0.25, 0.3) is 5.56 Å². The summed E-state index contributed by atoms with van der Waals surface area (Å²) in [7, 11) is 0. The molecule has 6 nitrogen and oxygen atoms in total. The van der Waals surface area contributed by atoms with E-state index >= 15 is 0 Å². The highest BCUT2D eigenvalue weighted by Gasteiger charge is 2.26. The molecule has 1 atom stereocenters. The van der Waals surface area contributed by atoms with E-state index in [1.54, 1.807) is 12.5 Å². The first kappa shape index (κ1) is 15.9. The lowest BCUT2D eigenvalue weighted by molar-refractivity contribution is 0.0257. The number of hydrogen-bond donors (Lipinski definition) is 0. The molecule has 4 rings (SSSR count). The number of benzene rings is 1. The fourth-order valence-electron chi connectivity index (χ4n) is 2.91. The highest BCUT2D eigenvalue weighted by Crippen LogP contribution is 2.29. The van der Waals surface area contributed by atoms with Crippen LogP contribution in [0.2, 0.25) is 5.02 Å². The molecule has 1 unspecified atom stereocenters. The molecular weight excluding hydrogens is 342 g/mol. The van der Waals surface area contributed by atoms with Crippen LogP contribution >= 0.6 is 11.6 Å². The normalized spacial score (nSPS) is 17.6. The topological polar surface area (TPSA) is 60.5 Å². The van der Waals surface area contributed by atoms with Crippen LogP contribution in [0.5, 0.6) is 0 Å². The third-order valence-corrected chi connectivity index (χ3v) is 4.52. The molecule has 1 aromatic carbocycles. The summed E-state index contributed by atoms with van der Waals surface area (Å²) in [6.45, 7) is 1.70. The van der Waals surface area contributed by atoms with Crippen molar-refractivity contribution >= 4 is 17.3 Å². The molecule has 3 heterocycles. The first-order valence-electron chi connectivity index (χ1n) is 7.97. The number of morpholine rings is 1. The minimum absolute atomic E-state index is 0.152. The lowest BCUT2D eigenvalue weighted by atomic mass is 10.2. The Hall–Kier alpha value is -2.57. The third kappa shape index (κ3) is 3.06. The molecule has 25 heavy (non-hydrogen) atoms. The number of ether oxygens (including phenoxy) is 1. The van der Waals surface area contributed by atoms with Crippen molar-refractivity contribution in [1.82, 2.24) is 9.78 Å². The van der Waals surface area contributed by atoms with Gasteiger partial charge in [-0.15, -0.1) is 0 Å². The van der Waals surface area contributed by atoms with E-state index in [1.165, 1.54) is 4.68 Å². The Morgan fingerprint density at radius 3 is 2.76 bits per heavy atom. The van der Waals surface area contributed by atoms with Crippen molar-refractivity contribution in [3.63, 3.8) is 0 Å². The summed E-state index contributed by atoms with van der Waals surface area (Å²) in [5, 5.41) is 4.44. The van der Waals surface area contributed by atoms with Crippen LogP contribution in [0.3, 0.4) is 0 Å². The van der Waals surface area contributed by atoms with Gasteiger partial charge in [-0.25, -0.2) is 0 Å². The number of rotatable bonds is 3. The van der Waals surface area contributed by atoms with Gasteiger partial charge in [-0.3, -0.25) is 4.79 Å². The molecule has 0 radical (unpaired) electrons. The second kappa shape index (κ2) is 6.74. The molecule has 0 N–H and O–H groups in total. The smallest absolute Gasteiger partial charge is 0.292 e. The van der Waals surface area contributed by atoms with Gasteiger partial charge < -0.3 is 14.1 Å². The van der Waals surface area contributed by atoms with Crippen molar-refractivity contribution in [2.24, 2.45) is 0 Å². The summed E-state index contributed by atoms with van der Waals surface area (Å²) >= 11 is 6.37. The largest absolute Gasteiger partial charge is 0.467 e. The van der Waals surface area contributed by atoms with Crippen LogP contribution in [-0.2, 0) is 4.74 Å². The Morgan fingerprint density at radius 1 is 1.16 bits per heavy atom. The summed E-state index contributed by atoms with van der Waals surface area (Å²) in [5.74, 6) is 0.756. The maximum absolute atomic E-state index is 12.6. The zero-order valence-electron chi connectivity index (χ0n) is 13.3. The molecule has 0 saturated carbocycles. The van der Waals surface area contributed by atoms with E-state index in [9.17, 15) is 4.79 Å². The summed E-state index contributed by atoms with van der Waals surface area (Å²) < 4.78 is 12.5. The quantitative estimate of drug-likeness (QED) is 0.721. The molecular formula is C18H16ClN3O3. The van der Waals surface area contributed by atoms with Gasteiger partial charge in [0.2, 0.25) is 0 Å². The van der Waals surface area contributed by atoms with Crippen molar-refractivity contribution in [3.8, 4) is 5.69 Å². The molecule has 1 aliphatic rings. The van der Waals surface area contributed by atoms with Gasteiger partial charge in [0.1, 0.15) is 16.9 Å². The number of aromatic nitrogens is 2. The fraction of sp³-hybridized carbons (Fsp3) is 0.222. The second-order valence-electron chi connectivity index (χ2n) is 5.72. The Balaban J connectivity index is 1.65. The van der Waals surface area contributed by atoms with Crippen LogP contribution in [0.1, 0.15) is 11.9 Å². The molecule has 0 amide bonds. The van der Waals surface area contributed by atoms with Gasteiger partial charge in [0, 0.05) is 6.54 Å². The molecule has 128 valence electrons. The molecule has 1 aliphatic heterocycles. The number of para-hydroxylation sites is 1. The maximum atomic E-state index is 12.6. The van der Waals surface area contributed by atoms with Crippen LogP contribution < -0.4 is 10.5 Å². The molecule has 0 spiro atoms. The lowest BCUT2D eigenvalue weighted by Gasteiger charge is -2.33. The van der Waals surface area contributed by atoms with E-state index in [1.807, 2.05) is 47.4 Å². The SMILES string of the molecule is O=c1c(Cl)c(N2CCOC(c3ccco3)C2)cnn1-c1ccccc1. The number of anilines is 1. The Labute approximate surface area is 149 Å². The zero-order chi connectivity index (χ0) is 17.2. The molecule has 0 aliphatic carbocycles. The number of hydrogen-bond acceptors (Lipinski definition) is 5.